The van der Waals surface area contributed by atoms with Crippen LogP contribution in [-0.2, 0) is 66.6 Å². The third kappa shape index (κ3) is 29.2. The molecule has 588 valence electrons. The number of nitrogens with one attached hydrogen (secondary N) is 2. The van der Waals surface area contributed by atoms with E-state index in [-0.39, 0.29) is 22.9 Å². The van der Waals surface area contributed by atoms with Crippen molar-refractivity contribution in [1.29, 1.82) is 0 Å². The van der Waals surface area contributed by atoms with Crippen molar-refractivity contribution < 1.29 is 79.6 Å². The van der Waals surface area contributed by atoms with Gasteiger partial charge in [0.15, 0.2) is 10.9 Å². The van der Waals surface area contributed by atoms with Crippen LogP contribution in [0, 0.1) is 20.8 Å². The van der Waals surface area contributed by atoms with Gasteiger partial charge in [0.05, 0.1) is 147 Å². The molecule has 1 atom stereocenters. The van der Waals surface area contributed by atoms with Gasteiger partial charge >= 0.3 is 6.36 Å². The molecule has 4 aromatic heterocycles. The molecular formula is C79H98ClF3N10O14S2. The topological polar surface area (TPSA) is 253 Å². The number of nitrogens with zero attached hydrogens (tertiary/aromatic N) is 8. The van der Waals surface area contributed by atoms with Crippen LogP contribution in [0.15, 0.2) is 110 Å². The zero-order valence-corrected chi connectivity index (χ0v) is 64.5. The molecule has 8 aromatic rings. The Bertz CT molecular complexity index is 4070. The van der Waals surface area contributed by atoms with Gasteiger partial charge in [-0.25, -0.2) is 24.9 Å². The molecule has 1 amide bonds. The van der Waals surface area contributed by atoms with Crippen molar-refractivity contribution in [3.63, 3.8) is 0 Å². The van der Waals surface area contributed by atoms with Crippen molar-refractivity contribution >= 4 is 79.7 Å². The van der Waals surface area contributed by atoms with Gasteiger partial charge in [-0.1, -0.05) is 65.4 Å². The molecule has 0 saturated carbocycles. The molecule has 24 nitrogen and oxygen atoms in total. The lowest BCUT2D eigenvalue weighted by Crippen LogP contribution is -2.47. The molecule has 6 heterocycles. The van der Waals surface area contributed by atoms with Crippen molar-refractivity contribution in [2.24, 2.45) is 0 Å². The first kappa shape index (κ1) is 83.9. The molecule has 109 heavy (non-hydrogen) atoms. The van der Waals surface area contributed by atoms with E-state index in [0.717, 1.165) is 110 Å². The lowest BCUT2D eigenvalue weighted by Gasteiger charge is -2.35. The molecule has 0 bridgehead atoms. The molecule has 0 spiro atoms. The largest absolute Gasteiger partial charge is 0.573 e. The van der Waals surface area contributed by atoms with E-state index < -0.39 is 6.36 Å². The minimum absolute atomic E-state index is 0.0138. The lowest BCUT2D eigenvalue weighted by molar-refractivity contribution is -0.274. The summed E-state index contributed by atoms with van der Waals surface area (Å²) in [6.07, 6.45) is 4.18. The Balaban J connectivity index is 0.467. The fraction of sp³-hybridized carbons (Fsp3) is 0.494. The molecule has 0 aliphatic carbocycles. The molecule has 2 N–H and O–H groups in total. The lowest BCUT2D eigenvalue weighted by atomic mass is 9.96. The van der Waals surface area contributed by atoms with E-state index in [0.29, 0.717) is 201 Å². The number of ketones is 1. The molecule has 1 fully saturated rings. The summed E-state index contributed by atoms with van der Waals surface area (Å²) in [5.74, 6) is 3.24. The zero-order chi connectivity index (χ0) is 76.3. The molecular weight excluding hydrogens is 1470 g/mol. The number of thiazole rings is 1. The first-order chi connectivity index (χ1) is 53.2. The molecule has 2 aliphatic rings. The number of fused-ring (bicyclic) bond motifs is 3. The number of unbranched alkanes of at least 4 members (excludes halogenated alkanes) is 1. The molecule has 0 radical (unpaired) electrons. The summed E-state index contributed by atoms with van der Waals surface area (Å²) in [6.45, 7) is 20.0. The number of aromatic nitrogens is 6. The predicted octanol–water partition coefficient (Wildman–Crippen LogP) is 13.4. The summed E-state index contributed by atoms with van der Waals surface area (Å²) in [4.78, 5) is 58.5. The summed E-state index contributed by atoms with van der Waals surface area (Å²) in [5, 5.41) is 8.38. The van der Waals surface area contributed by atoms with Gasteiger partial charge in [-0.15, -0.1) is 24.9 Å². The Morgan fingerprint density at radius 1 is 0.661 bits per heavy atom. The highest BCUT2D eigenvalue weighted by Gasteiger charge is 2.31. The Kier molecular flexibility index (Phi) is 35.1. The number of alkyl halides is 3. The second-order valence-corrected chi connectivity index (χ2v) is 28.5. The highest BCUT2D eigenvalue weighted by molar-refractivity contribution is 7.99. The van der Waals surface area contributed by atoms with Crippen LogP contribution >= 0.6 is 34.7 Å². The standard InChI is InChI=1S/C79H98ClF3N10O14S2/c1-56-9-6-13-67(80)75(56)91-77(95)71-54-84-78(109-71)90-72-53-73(89-58(3)88-72)93-25-23-92(24-26-93)27-30-98-33-36-101-39-42-102-40-37-99-34-31-96-28-5-4-10-60-49-57(2)87-76-65(60)19-21-70-66(76)20-22-74(106-70)108-48-47-105-46-45-104-44-43-103-41-38-100-35-32-97-29-8-14-69(94)62-12-7-11-61(51-62)68-52-63(85-55-86-68)50-59-15-17-64(18-16-59)107-79(81,82)83/h6-7,9,11-13,15-19,21,49,51-55,74H,4-5,8,10,14,20,22-48,50H2,1-3H3,(H,91,95)(H,84,88,89,90). The van der Waals surface area contributed by atoms with Crippen LogP contribution in [0.2, 0.25) is 5.02 Å². The molecule has 30 heteroatoms. The number of anilines is 4. The molecule has 4 aromatic carbocycles. The maximum absolute atomic E-state index is 13.0. The van der Waals surface area contributed by atoms with Crippen LogP contribution in [0.25, 0.3) is 22.2 Å². The fourth-order valence-electron chi connectivity index (χ4n) is 12.1. The van der Waals surface area contributed by atoms with Crippen LogP contribution in [-0.4, -0.2) is 229 Å². The number of rotatable bonds is 50. The molecule has 1 saturated heterocycles. The number of halogens is 4. The first-order valence-electron chi connectivity index (χ1n) is 37.1. The highest BCUT2D eigenvalue weighted by atomic mass is 35.5. The summed E-state index contributed by atoms with van der Waals surface area (Å²) in [6, 6.07) is 28.6. The van der Waals surface area contributed by atoms with Gasteiger partial charge in [0, 0.05) is 104 Å². The van der Waals surface area contributed by atoms with Crippen molar-refractivity contribution in [2.75, 3.05) is 186 Å². The monoisotopic (exact) mass is 1570 g/mol. The van der Waals surface area contributed by atoms with Crippen molar-refractivity contribution in [2.45, 2.75) is 83.9 Å². The predicted molar refractivity (Wildman–Crippen MR) is 415 cm³/mol. The number of para-hydroxylation sites is 1. The third-order valence-corrected chi connectivity index (χ3v) is 19.9. The van der Waals surface area contributed by atoms with E-state index in [1.54, 1.807) is 54.2 Å². The van der Waals surface area contributed by atoms with Gasteiger partial charge in [-0.2, -0.15) is 0 Å². The molecule has 2 aliphatic heterocycles. The highest BCUT2D eigenvalue weighted by Crippen LogP contribution is 2.38. The van der Waals surface area contributed by atoms with E-state index in [4.69, 9.17) is 73.7 Å². The minimum Gasteiger partial charge on any atom is -0.479 e. The molecule has 10 rings (SSSR count). The second kappa shape index (κ2) is 45.7. The van der Waals surface area contributed by atoms with Gasteiger partial charge in [0.25, 0.3) is 5.91 Å². The number of amides is 1. The van der Waals surface area contributed by atoms with E-state index in [1.807, 2.05) is 38.1 Å². The number of Topliss-reactive ketones (excluding diaryl/α,β-unsaturated/α-hetero) is 1. The fourth-order valence-corrected chi connectivity index (χ4v) is 14.0. The van der Waals surface area contributed by atoms with Crippen molar-refractivity contribution in [3.05, 3.63) is 165 Å². The van der Waals surface area contributed by atoms with Crippen LogP contribution in [0.4, 0.5) is 35.6 Å². The average Bonchev–Trinajstić information content (AvgIpc) is 0.905. The second-order valence-electron chi connectivity index (χ2n) is 25.8. The number of piperazine rings is 1. The number of ether oxygens (including phenoxy) is 12. The minimum atomic E-state index is -4.76. The van der Waals surface area contributed by atoms with Crippen LogP contribution in [0.3, 0.4) is 0 Å². The van der Waals surface area contributed by atoms with Crippen LogP contribution < -0.4 is 25.0 Å². The Labute approximate surface area is 648 Å². The normalized spacial score (nSPS) is 13.9. The summed E-state index contributed by atoms with van der Waals surface area (Å²) in [7, 11) is 0. The van der Waals surface area contributed by atoms with E-state index in [2.05, 4.69) is 70.2 Å². The Morgan fingerprint density at radius 3 is 1.97 bits per heavy atom. The van der Waals surface area contributed by atoms with E-state index in [1.165, 1.54) is 52.5 Å². The summed E-state index contributed by atoms with van der Waals surface area (Å²) >= 11 is 9.33. The van der Waals surface area contributed by atoms with Crippen LogP contribution in [0.1, 0.15) is 91.6 Å². The smallest absolute Gasteiger partial charge is 0.479 e. The SMILES string of the molecule is Cc1cc(CCCCOCCOCCOCCOCCOCCN2CCN(c3cc(Nc4ncc(C(=O)Nc5c(C)cccc5Cl)s4)nc(C)n3)CC2)c2ccc3c(c2n1)CCC(SCCOCCOCCOCCOCCOCCCC(=O)c1cccc(-c2cc(Cc4ccc(OC(F)(F)F)cc4)ncn2)c1)O3. The maximum Gasteiger partial charge on any atom is 0.573 e. The van der Waals surface area contributed by atoms with Gasteiger partial charge in [-0.3, -0.25) is 19.5 Å². The first-order valence-corrected chi connectivity index (χ1v) is 39.3. The Hall–Kier alpha value is -7.59. The maximum atomic E-state index is 13.0. The van der Waals surface area contributed by atoms with Crippen molar-refractivity contribution in [3.8, 4) is 22.8 Å². The average molecular weight is 1570 g/mol. The van der Waals surface area contributed by atoms with Gasteiger partial charge in [-0.05, 0) is 125 Å². The number of thioether (sulfide) groups is 1. The summed E-state index contributed by atoms with van der Waals surface area (Å²) in [5.41, 5.74) is 9.43. The third-order valence-electron chi connectivity index (χ3n) is 17.6. The van der Waals surface area contributed by atoms with Gasteiger partial charge < -0.3 is 72.4 Å². The van der Waals surface area contributed by atoms with E-state index >= 15 is 0 Å². The number of carbonyl (C=O) groups is 2. The van der Waals surface area contributed by atoms with Gasteiger partial charge in [0.2, 0.25) is 0 Å². The number of pyridine rings is 1. The van der Waals surface area contributed by atoms with Gasteiger partial charge in [0.1, 0.15) is 45.6 Å². The van der Waals surface area contributed by atoms with E-state index in [9.17, 15) is 22.8 Å². The number of hydrogen-bond acceptors (Lipinski definition) is 25. The zero-order valence-electron chi connectivity index (χ0n) is 62.1. The number of benzene rings is 4. The number of carbonyl (C=O) groups excluding carboxylic acids is 2. The quantitative estimate of drug-likeness (QED) is 0.0265. The van der Waals surface area contributed by atoms with Crippen LogP contribution in [0.5, 0.6) is 11.5 Å². The summed E-state index contributed by atoms with van der Waals surface area (Å²) < 4.78 is 105. The molecule has 1 unspecified atom stereocenters. The number of aryl methyl sites for hydroxylation is 5. The van der Waals surface area contributed by atoms with Crippen molar-refractivity contribution in [1.82, 2.24) is 34.8 Å². The number of hydrogen-bond donors (Lipinski definition) is 2. The Morgan fingerprint density at radius 2 is 1.30 bits per heavy atom.